The average Bonchev–Trinajstić information content (AvgIpc) is 2.52. The maximum atomic E-state index is 12.8. The fourth-order valence-electron chi connectivity index (χ4n) is 1.85. The predicted molar refractivity (Wildman–Crippen MR) is 91.7 cm³/mol. The molecule has 1 unspecified atom stereocenters. The number of nitrogens with one attached hydrogen (secondary N) is 2. The minimum absolute atomic E-state index is 0.112. The summed E-state index contributed by atoms with van der Waals surface area (Å²) in [5, 5.41) is 6.14. The summed E-state index contributed by atoms with van der Waals surface area (Å²) in [4.78, 5) is 15.5. The van der Waals surface area contributed by atoms with E-state index in [-0.39, 0.29) is 30.4 Å². The van der Waals surface area contributed by atoms with Crippen LogP contribution in [-0.2, 0) is 9.53 Å². The van der Waals surface area contributed by atoms with E-state index in [4.69, 9.17) is 9.47 Å². The van der Waals surface area contributed by atoms with Crippen molar-refractivity contribution in [3.8, 4) is 5.75 Å². The largest absolute Gasteiger partial charge is 0.489 e. The van der Waals surface area contributed by atoms with Crippen LogP contribution < -0.4 is 15.4 Å². The van der Waals surface area contributed by atoms with Crippen LogP contribution in [0.5, 0.6) is 5.75 Å². The fourth-order valence-corrected chi connectivity index (χ4v) is 1.85. The minimum atomic E-state index is -0.297. The van der Waals surface area contributed by atoms with Gasteiger partial charge in [0, 0.05) is 13.6 Å². The van der Waals surface area contributed by atoms with Crippen molar-refractivity contribution >= 4 is 11.9 Å². The molecule has 1 aromatic carbocycles. The third-order valence-electron chi connectivity index (χ3n) is 2.92. The number of nitrogens with zero attached hydrogens (tertiary/aromatic N) is 1. The second-order valence-electron chi connectivity index (χ2n) is 5.55. The Kier molecular flexibility index (Phi) is 8.60. The predicted octanol–water partition coefficient (Wildman–Crippen LogP) is 2.10. The number of ether oxygens (including phenoxy) is 2. The van der Waals surface area contributed by atoms with Gasteiger partial charge >= 0.3 is 5.97 Å². The Bertz CT molecular complexity index is 532. The summed E-state index contributed by atoms with van der Waals surface area (Å²) in [5.41, 5.74) is 0. The van der Waals surface area contributed by atoms with Crippen LogP contribution in [0.15, 0.2) is 29.3 Å². The van der Waals surface area contributed by atoms with Crippen molar-refractivity contribution < 1.29 is 18.7 Å². The second-order valence-corrected chi connectivity index (χ2v) is 5.55. The van der Waals surface area contributed by atoms with Gasteiger partial charge in [0.1, 0.15) is 17.7 Å². The number of guanidine groups is 1. The molecule has 2 N–H and O–H groups in total. The monoisotopic (exact) mass is 339 g/mol. The molecule has 0 spiro atoms. The first kappa shape index (κ1) is 19.7. The van der Waals surface area contributed by atoms with E-state index in [0.717, 1.165) is 0 Å². The van der Waals surface area contributed by atoms with Crippen LogP contribution in [0.3, 0.4) is 0 Å². The summed E-state index contributed by atoms with van der Waals surface area (Å²) in [6.07, 6.45) is 0.0138. The Hall–Kier alpha value is -2.31. The third kappa shape index (κ3) is 8.36. The molecule has 0 aliphatic rings. The van der Waals surface area contributed by atoms with Gasteiger partial charge < -0.3 is 20.1 Å². The van der Waals surface area contributed by atoms with Gasteiger partial charge in [-0.2, -0.15) is 0 Å². The van der Waals surface area contributed by atoms with Gasteiger partial charge in [-0.25, -0.2) is 4.39 Å². The lowest BCUT2D eigenvalue weighted by Gasteiger charge is -2.17. The SMILES string of the molecule is CN=C(NCCC(=O)OC(C)C)NCC(C)Oc1ccc(F)cc1. The molecule has 0 aromatic heterocycles. The van der Waals surface area contributed by atoms with Crippen molar-refractivity contribution in [1.82, 2.24) is 10.6 Å². The van der Waals surface area contributed by atoms with Gasteiger partial charge in [-0.15, -0.1) is 0 Å². The zero-order valence-electron chi connectivity index (χ0n) is 14.6. The summed E-state index contributed by atoms with van der Waals surface area (Å²) in [6.45, 7) is 6.46. The lowest BCUT2D eigenvalue weighted by molar-refractivity contribution is -0.147. The summed E-state index contributed by atoms with van der Waals surface area (Å²) >= 11 is 0. The van der Waals surface area contributed by atoms with E-state index < -0.39 is 0 Å². The Morgan fingerprint density at radius 3 is 2.46 bits per heavy atom. The van der Waals surface area contributed by atoms with Crippen LogP contribution in [0.1, 0.15) is 27.2 Å². The molecule has 24 heavy (non-hydrogen) atoms. The van der Waals surface area contributed by atoms with Crippen molar-refractivity contribution in [1.29, 1.82) is 0 Å². The van der Waals surface area contributed by atoms with Crippen LogP contribution in [0.2, 0.25) is 0 Å². The molecular weight excluding hydrogens is 313 g/mol. The molecular formula is C17H26FN3O3. The van der Waals surface area contributed by atoms with Gasteiger partial charge in [-0.05, 0) is 45.0 Å². The highest BCUT2D eigenvalue weighted by Gasteiger charge is 2.08. The lowest BCUT2D eigenvalue weighted by atomic mass is 10.3. The van der Waals surface area contributed by atoms with Crippen molar-refractivity contribution in [3.05, 3.63) is 30.1 Å². The molecule has 7 heteroatoms. The first-order chi connectivity index (χ1) is 11.4. The quantitative estimate of drug-likeness (QED) is 0.431. The Morgan fingerprint density at radius 1 is 1.21 bits per heavy atom. The zero-order chi connectivity index (χ0) is 17.9. The third-order valence-corrected chi connectivity index (χ3v) is 2.92. The number of aliphatic imine (C=N–C) groups is 1. The molecule has 134 valence electrons. The van der Waals surface area contributed by atoms with E-state index in [9.17, 15) is 9.18 Å². The zero-order valence-corrected chi connectivity index (χ0v) is 14.6. The van der Waals surface area contributed by atoms with Crippen molar-refractivity contribution in [3.63, 3.8) is 0 Å². The lowest BCUT2D eigenvalue weighted by Crippen LogP contribution is -2.42. The van der Waals surface area contributed by atoms with Gasteiger partial charge in [0.15, 0.2) is 5.96 Å². The molecule has 0 heterocycles. The molecule has 1 atom stereocenters. The fraction of sp³-hybridized carbons (Fsp3) is 0.529. The molecule has 6 nitrogen and oxygen atoms in total. The molecule has 0 saturated heterocycles. The first-order valence-corrected chi connectivity index (χ1v) is 7.97. The highest BCUT2D eigenvalue weighted by atomic mass is 19.1. The van der Waals surface area contributed by atoms with E-state index >= 15 is 0 Å². The number of rotatable bonds is 8. The smallest absolute Gasteiger partial charge is 0.307 e. The number of benzene rings is 1. The van der Waals surface area contributed by atoms with Crippen LogP contribution >= 0.6 is 0 Å². The molecule has 1 aromatic rings. The average molecular weight is 339 g/mol. The molecule has 0 fully saturated rings. The van der Waals surface area contributed by atoms with Gasteiger partial charge in [0.05, 0.1) is 19.1 Å². The number of hydrogen-bond donors (Lipinski definition) is 2. The van der Waals surface area contributed by atoms with E-state index in [1.807, 2.05) is 20.8 Å². The topological polar surface area (TPSA) is 72.0 Å². The molecule has 0 aliphatic carbocycles. The summed E-state index contributed by atoms with van der Waals surface area (Å²) < 4.78 is 23.6. The summed E-state index contributed by atoms with van der Waals surface area (Å²) in [5.74, 6) is 0.627. The second kappa shape index (κ2) is 10.5. The van der Waals surface area contributed by atoms with Gasteiger partial charge in [0.2, 0.25) is 0 Å². The summed E-state index contributed by atoms with van der Waals surface area (Å²) in [7, 11) is 1.65. The van der Waals surface area contributed by atoms with Crippen molar-refractivity contribution in [2.75, 3.05) is 20.1 Å². The van der Waals surface area contributed by atoms with Crippen molar-refractivity contribution in [2.24, 2.45) is 4.99 Å². The van der Waals surface area contributed by atoms with Crippen molar-refractivity contribution in [2.45, 2.75) is 39.4 Å². The van der Waals surface area contributed by atoms with Gasteiger partial charge in [-0.1, -0.05) is 0 Å². The van der Waals surface area contributed by atoms with E-state index in [1.165, 1.54) is 12.1 Å². The molecule has 0 amide bonds. The normalized spacial score (nSPS) is 12.7. The molecule has 0 saturated carbocycles. The van der Waals surface area contributed by atoms with Gasteiger partial charge in [-0.3, -0.25) is 9.79 Å². The Morgan fingerprint density at radius 2 is 1.88 bits per heavy atom. The van der Waals surface area contributed by atoms with Crippen LogP contribution in [0.4, 0.5) is 4.39 Å². The molecule has 0 aliphatic heterocycles. The first-order valence-electron chi connectivity index (χ1n) is 7.97. The molecule has 0 radical (unpaired) electrons. The van der Waals surface area contributed by atoms with Crippen LogP contribution in [-0.4, -0.2) is 44.3 Å². The number of carbonyl (C=O) groups is 1. The van der Waals surface area contributed by atoms with Gasteiger partial charge in [0.25, 0.3) is 0 Å². The number of halogens is 1. The molecule has 0 bridgehead atoms. The highest BCUT2D eigenvalue weighted by Crippen LogP contribution is 2.12. The Labute approximate surface area is 142 Å². The highest BCUT2D eigenvalue weighted by molar-refractivity contribution is 5.80. The number of hydrogen-bond acceptors (Lipinski definition) is 4. The van der Waals surface area contributed by atoms with E-state index in [0.29, 0.717) is 24.8 Å². The maximum absolute atomic E-state index is 12.8. The number of esters is 1. The van der Waals surface area contributed by atoms with E-state index in [1.54, 1.807) is 19.2 Å². The molecule has 1 rings (SSSR count). The minimum Gasteiger partial charge on any atom is -0.489 e. The number of carbonyl (C=O) groups excluding carboxylic acids is 1. The van der Waals surface area contributed by atoms with Crippen LogP contribution in [0, 0.1) is 5.82 Å². The van der Waals surface area contributed by atoms with E-state index in [2.05, 4.69) is 15.6 Å². The standard InChI is InChI=1S/C17H26FN3O3/c1-12(2)23-16(22)9-10-20-17(19-4)21-11-13(3)24-15-7-5-14(18)6-8-15/h5-8,12-13H,9-11H2,1-4H3,(H2,19,20,21). The maximum Gasteiger partial charge on any atom is 0.307 e. The van der Waals surface area contributed by atoms with Crippen LogP contribution in [0.25, 0.3) is 0 Å². The summed E-state index contributed by atoms with van der Waals surface area (Å²) in [6, 6.07) is 5.87. The Balaban J connectivity index is 2.27.